The van der Waals surface area contributed by atoms with E-state index < -0.39 is 0 Å². The largest absolute Gasteiger partial charge is 0.474 e. The molecule has 0 fully saturated rings. The van der Waals surface area contributed by atoms with Gasteiger partial charge in [-0.15, -0.1) is 0 Å². The zero-order valence-electron chi connectivity index (χ0n) is 9.91. The van der Waals surface area contributed by atoms with Gasteiger partial charge in [-0.25, -0.2) is 4.98 Å². The SMILES string of the molecule is CCOCCOc1nc(C)cc(C)c1C#N. The van der Waals surface area contributed by atoms with Gasteiger partial charge in [-0.1, -0.05) is 0 Å². The van der Waals surface area contributed by atoms with E-state index in [1.165, 1.54) is 0 Å². The summed E-state index contributed by atoms with van der Waals surface area (Å²) in [7, 11) is 0. The quantitative estimate of drug-likeness (QED) is 0.712. The van der Waals surface area contributed by atoms with Crippen molar-refractivity contribution in [3.05, 3.63) is 22.9 Å². The Labute approximate surface area is 95.8 Å². The van der Waals surface area contributed by atoms with Crippen LogP contribution in [0.25, 0.3) is 0 Å². The summed E-state index contributed by atoms with van der Waals surface area (Å²) in [6.07, 6.45) is 0. The van der Waals surface area contributed by atoms with Gasteiger partial charge in [0.1, 0.15) is 18.2 Å². The average Bonchev–Trinajstić information content (AvgIpc) is 2.24. The maximum Gasteiger partial charge on any atom is 0.232 e. The van der Waals surface area contributed by atoms with Gasteiger partial charge in [0.15, 0.2) is 0 Å². The molecular weight excluding hydrogens is 204 g/mol. The van der Waals surface area contributed by atoms with Crippen molar-refractivity contribution in [2.75, 3.05) is 19.8 Å². The Morgan fingerprint density at radius 2 is 2.12 bits per heavy atom. The Balaban J connectivity index is 2.75. The van der Waals surface area contributed by atoms with Gasteiger partial charge in [-0.2, -0.15) is 5.26 Å². The Hall–Kier alpha value is -1.60. The number of pyridine rings is 1. The molecule has 0 atom stereocenters. The first-order valence-corrected chi connectivity index (χ1v) is 5.28. The highest BCUT2D eigenvalue weighted by Crippen LogP contribution is 2.19. The highest BCUT2D eigenvalue weighted by Gasteiger charge is 2.09. The van der Waals surface area contributed by atoms with Crippen LogP contribution in [0.2, 0.25) is 0 Å². The Bertz CT molecular complexity index is 397. The number of aromatic nitrogens is 1. The van der Waals surface area contributed by atoms with Gasteiger partial charge in [0.05, 0.1) is 6.61 Å². The molecular formula is C12H16N2O2. The molecule has 0 saturated carbocycles. The molecule has 0 unspecified atom stereocenters. The first kappa shape index (κ1) is 12.5. The van der Waals surface area contributed by atoms with E-state index in [1.54, 1.807) is 0 Å². The fourth-order valence-corrected chi connectivity index (χ4v) is 1.38. The Morgan fingerprint density at radius 1 is 1.38 bits per heavy atom. The molecule has 0 aromatic carbocycles. The third kappa shape index (κ3) is 3.21. The van der Waals surface area contributed by atoms with E-state index in [1.807, 2.05) is 26.8 Å². The third-order valence-electron chi connectivity index (χ3n) is 2.09. The second-order valence-electron chi connectivity index (χ2n) is 3.42. The molecule has 1 aromatic heterocycles. The fraction of sp³-hybridized carbons (Fsp3) is 0.500. The van der Waals surface area contributed by atoms with Crippen molar-refractivity contribution in [1.29, 1.82) is 5.26 Å². The molecule has 0 aliphatic rings. The zero-order valence-corrected chi connectivity index (χ0v) is 9.91. The lowest BCUT2D eigenvalue weighted by Crippen LogP contribution is -2.09. The maximum atomic E-state index is 8.99. The van der Waals surface area contributed by atoms with Gasteiger partial charge in [0.2, 0.25) is 5.88 Å². The van der Waals surface area contributed by atoms with E-state index >= 15 is 0 Å². The van der Waals surface area contributed by atoms with Crippen molar-refractivity contribution in [1.82, 2.24) is 4.98 Å². The summed E-state index contributed by atoms with van der Waals surface area (Å²) in [6.45, 7) is 7.27. The first-order chi connectivity index (χ1) is 7.69. The number of nitriles is 1. The Morgan fingerprint density at radius 3 is 2.75 bits per heavy atom. The number of hydrogen-bond acceptors (Lipinski definition) is 4. The minimum Gasteiger partial charge on any atom is -0.474 e. The normalized spacial score (nSPS) is 9.88. The van der Waals surface area contributed by atoms with Gasteiger partial charge in [0, 0.05) is 12.3 Å². The molecule has 1 heterocycles. The molecule has 0 N–H and O–H groups in total. The predicted octanol–water partition coefficient (Wildman–Crippen LogP) is 1.99. The molecule has 0 saturated heterocycles. The van der Waals surface area contributed by atoms with Crippen molar-refractivity contribution in [3.63, 3.8) is 0 Å². The number of nitrogens with zero attached hydrogens (tertiary/aromatic N) is 2. The van der Waals surface area contributed by atoms with Crippen LogP contribution < -0.4 is 4.74 Å². The third-order valence-corrected chi connectivity index (χ3v) is 2.09. The van der Waals surface area contributed by atoms with Crippen molar-refractivity contribution < 1.29 is 9.47 Å². The van der Waals surface area contributed by atoms with Crippen LogP contribution in [0.1, 0.15) is 23.7 Å². The van der Waals surface area contributed by atoms with E-state index in [0.717, 1.165) is 11.3 Å². The van der Waals surface area contributed by atoms with Crippen molar-refractivity contribution in [3.8, 4) is 11.9 Å². The van der Waals surface area contributed by atoms with Crippen LogP contribution in [0.4, 0.5) is 0 Å². The van der Waals surface area contributed by atoms with Crippen molar-refractivity contribution in [2.24, 2.45) is 0 Å². The standard InChI is InChI=1S/C12H16N2O2/c1-4-15-5-6-16-12-11(8-13)9(2)7-10(3)14-12/h7H,4-6H2,1-3H3. The smallest absolute Gasteiger partial charge is 0.232 e. The van der Waals surface area contributed by atoms with Gasteiger partial charge in [-0.3, -0.25) is 0 Å². The first-order valence-electron chi connectivity index (χ1n) is 5.28. The summed E-state index contributed by atoms with van der Waals surface area (Å²) in [4.78, 5) is 4.20. The van der Waals surface area contributed by atoms with E-state index in [2.05, 4.69) is 11.1 Å². The van der Waals surface area contributed by atoms with Crippen LogP contribution in [0.5, 0.6) is 5.88 Å². The number of rotatable bonds is 5. The highest BCUT2D eigenvalue weighted by molar-refractivity contribution is 5.45. The van der Waals surface area contributed by atoms with E-state index in [-0.39, 0.29) is 0 Å². The van der Waals surface area contributed by atoms with Crippen molar-refractivity contribution >= 4 is 0 Å². The van der Waals surface area contributed by atoms with E-state index in [9.17, 15) is 0 Å². The molecule has 1 rings (SSSR count). The van der Waals surface area contributed by atoms with Gasteiger partial charge >= 0.3 is 0 Å². The molecule has 0 aliphatic heterocycles. The van der Waals surface area contributed by atoms with Crippen LogP contribution in [0, 0.1) is 25.2 Å². The van der Waals surface area contributed by atoms with Crippen LogP contribution >= 0.6 is 0 Å². The zero-order chi connectivity index (χ0) is 12.0. The van der Waals surface area contributed by atoms with Crippen LogP contribution in [-0.4, -0.2) is 24.8 Å². The van der Waals surface area contributed by atoms with Gasteiger partial charge in [-0.05, 0) is 32.4 Å². The molecule has 0 spiro atoms. The highest BCUT2D eigenvalue weighted by atomic mass is 16.5. The summed E-state index contributed by atoms with van der Waals surface area (Å²) in [5, 5.41) is 8.99. The number of hydrogen-bond donors (Lipinski definition) is 0. The van der Waals surface area contributed by atoms with E-state index in [4.69, 9.17) is 14.7 Å². The number of ether oxygens (including phenoxy) is 2. The molecule has 4 nitrogen and oxygen atoms in total. The molecule has 0 bridgehead atoms. The Kier molecular flexibility index (Phi) is 4.74. The molecule has 0 radical (unpaired) electrons. The molecule has 86 valence electrons. The molecule has 1 aromatic rings. The number of aryl methyl sites for hydroxylation is 2. The molecule has 0 aliphatic carbocycles. The summed E-state index contributed by atoms with van der Waals surface area (Å²) < 4.78 is 10.6. The fourth-order valence-electron chi connectivity index (χ4n) is 1.38. The molecule has 0 amide bonds. The summed E-state index contributed by atoms with van der Waals surface area (Å²) in [5.74, 6) is 0.403. The molecule has 16 heavy (non-hydrogen) atoms. The summed E-state index contributed by atoms with van der Waals surface area (Å²) >= 11 is 0. The van der Waals surface area contributed by atoms with E-state index in [0.29, 0.717) is 31.3 Å². The lowest BCUT2D eigenvalue weighted by atomic mass is 10.1. The molecule has 4 heteroatoms. The second-order valence-corrected chi connectivity index (χ2v) is 3.42. The van der Waals surface area contributed by atoms with Crippen molar-refractivity contribution in [2.45, 2.75) is 20.8 Å². The lowest BCUT2D eigenvalue weighted by molar-refractivity contribution is 0.108. The van der Waals surface area contributed by atoms with Crippen LogP contribution in [0.15, 0.2) is 6.07 Å². The predicted molar refractivity (Wildman–Crippen MR) is 60.4 cm³/mol. The topological polar surface area (TPSA) is 55.1 Å². The van der Waals surface area contributed by atoms with Crippen LogP contribution in [0.3, 0.4) is 0 Å². The van der Waals surface area contributed by atoms with Crippen LogP contribution in [-0.2, 0) is 4.74 Å². The second kappa shape index (κ2) is 6.09. The minimum atomic E-state index is 0.403. The summed E-state index contributed by atoms with van der Waals surface area (Å²) in [5.41, 5.74) is 2.24. The minimum absolute atomic E-state index is 0.403. The van der Waals surface area contributed by atoms with Gasteiger partial charge < -0.3 is 9.47 Å². The average molecular weight is 220 g/mol. The lowest BCUT2D eigenvalue weighted by Gasteiger charge is -2.09. The van der Waals surface area contributed by atoms with Gasteiger partial charge in [0.25, 0.3) is 0 Å². The monoisotopic (exact) mass is 220 g/mol. The maximum absolute atomic E-state index is 8.99. The summed E-state index contributed by atoms with van der Waals surface area (Å²) in [6, 6.07) is 3.97.